The zero-order chi connectivity index (χ0) is 22.9. The van der Waals surface area contributed by atoms with Gasteiger partial charge in [-0.05, 0) is 56.8 Å². The summed E-state index contributed by atoms with van der Waals surface area (Å²) in [6.45, 7) is 2.54. The molecule has 0 bridgehead atoms. The van der Waals surface area contributed by atoms with Gasteiger partial charge in [-0.3, -0.25) is 9.88 Å². The van der Waals surface area contributed by atoms with Crippen molar-refractivity contribution >= 4 is 11.8 Å². The average Bonchev–Trinajstić information content (AvgIpc) is 2.79. The monoisotopic (exact) mass is 448 g/mol. The average molecular weight is 449 g/mol. The Kier molecular flexibility index (Phi) is 9.11. The molecule has 0 unspecified atom stereocenters. The molecule has 0 saturated heterocycles. The van der Waals surface area contributed by atoms with Gasteiger partial charge < -0.3 is 15.7 Å². The predicted octanol–water partition coefficient (Wildman–Crippen LogP) is 3.82. The molecule has 32 heavy (non-hydrogen) atoms. The maximum atomic E-state index is 13.7. The highest BCUT2D eigenvalue weighted by molar-refractivity contribution is 5.73. The number of aromatic nitrogens is 3. The van der Waals surface area contributed by atoms with Gasteiger partial charge in [-0.15, -0.1) is 0 Å². The van der Waals surface area contributed by atoms with Crippen LogP contribution in [0.1, 0.15) is 44.6 Å². The fraction of sp³-hybridized carbons (Fsp3) is 0.609. The zero-order valence-corrected chi connectivity index (χ0v) is 18.9. The first kappa shape index (κ1) is 24.3. The van der Waals surface area contributed by atoms with Gasteiger partial charge in [0.15, 0.2) is 0 Å². The number of hydrogen-bond donors (Lipinski definition) is 3. The molecule has 3 rings (SSSR count). The lowest BCUT2D eigenvalue weighted by Crippen LogP contribution is -2.29. The van der Waals surface area contributed by atoms with E-state index < -0.39 is 12.8 Å². The van der Waals surface area contributed by atoms with E-state index in [0.29, 0.717) is 31.3 Å². The summed E-state index contributed by atoms with van der Waals surface area (Å²) in [6, 6.07) is 4.06. The van der Waals surface area contributed by atoms with E-state index in [0.717, 1.165) is 42.5 Å². The molecule has 7 nitrogen and oxygen atoms in total. The van der Waals surface area contributed by atoms with Crippen LogP contribution in [0.5, 0.6) is 0 Å². The van der Waals surface area contributed by atoms with E-state index in [-0.39, 0.29) is 18.7 Å². The first-order valence-corrected chi connectivity index (χ1v) is 11.4. The minimum atomic E-state index is -0.964. The molecule has 2 aromatic heterocycles. The van der Waals surface area contributed by atoms with E-state index in [1.54, 1.807) is 19.3 Å². The molecule has 0 aliphatic heterocycles. The van der Waals surface area contributed by atoms with E-state index in [2.05, 4.69) is 25.6 Å². The second-order valence-corrected chi connectivity index (χ2v) is 8.47. The minimum Gasteiger partial charge on any atom is -0.393 e. The van der Waals surface area contributed by atoms with Crippen molar-refractivity contribution in [3.8, 4) is 11.3 Å². The molecule has 2 aromatic rings. The molecule has 1 aliphatic rings. The maximum Gasteiger partial charge on any atom is 0.224 e. The molecule has 1 saturated carbocycles. The fourth-order valence-corrected chi connectivity index (χ4v) is 3.78. The second kappa shape index (κ2) is 12.0. The lowest BCUT2D eigenvalue weighted by Gasteiger charge is -2.27. The number of pyridine rings is 1. The summed E-state index contributed by atoms with van der Waals surface area (Å²) >= 11 is 0. The van der Waals surface area contributed by atoms with Gasteiger partial charge in [0.05, 0.1) is 17.4 Å². The highest BCUT2D eigenvalue weighted by Crippen LogP contribution is 2.29. The number of alkyl halides is 2. The Morgan fingerprint density at radius 3 is 2.75 bits per heavy atom. The molecule has 1 fully saturated rings. The van der Waals surface area contributed by atoms with E-state index in [9.17, 15) is 13.9 Å². The Hall–Kier alpha value is -2.39. The minimum absolute atomic E-state index is 0.152. The van der Waals surface area contributed by atoms with E-state index >= 15 is 0 Å². The lowest BCUT2D eigenvalue weighted by atomic mass is 9.93. The third-order valence-corrected chi connectivity index (χ3v) is 5.77. The number of hydrogen-bond acceptors (Lipinski definition) is 7. The van der Waals surface area contributed by atoms with Crippen molar-refractivity contribution in [2.75, 3.05) is 37.4 Å². The van der Waals surface area contributed by atoms with Crippen LogP contribution >= 0.6 is 0 Å². The lowest BCUT2D eigenvalue weighted by molar-refractivity contribution is 0.126. The number of anilines is 2. The highest BCUT2D eigenvalue weighted by atomic mass is 19.1. The van der Waals surface area contributed by atoms with Crippen LogP contribution in [0.2, 0.25) is 0 Å². The normalized spacial score (nSPS) is 19.7. The molecule has 0 radical (unpaired) electrons. The van der Waals surface area contributed by atoms with Crippen molar-refractivity contribution in [2.24, 2.45) is 0 Å². The van der Waals surface area contributed by atoms with Crippen molar-refractivity contribution in [1.82, 2.24) is 19.9 Å². The summed E-state index contributed by atoms with van der Waals surface area (Å²) in [5, 5.41) is 16.3. The van der Waals surface area contributed by atoms with Crippen molar-refractivity contribution in [3.63, 3.8) is 0 Å². The van der Waals surface area contributed by atoms with Crippen LogP contribution < -0.4 is 10.6 Å². The van der Waals surface area contributed by atoms with Gasteiger partial charge in [0.25, 0.3) is 0 Å². The summed E-state index contributed by atoms with van der Waals surface area (Å²) in [6.07, 6.45) is 5.83. The number of aliphatic hydroxyl groups excluding tert-OH is 1. The van der Waals surface area contributed by atoms with Gasteiger partial charge in [-0.25, -0.2) is 13.8 Å². The van der Waals surface area contributed by atoms with Gasteiger partial charge in [0.2, 0.25) is 5.95 Å². The number of nitrogens with one attached hydrogen (secondary N) is 2. The summed E-state index contributed by atoms with van der Waals surface area (Å²) in [5.74, 6) is 1.000. The van der Waals surface area contributed by atoms with Gasteiger partial charge in [-0.2, -0.15) is 4.98 Å². The highest BCUT2D eigenvalue weighted by Gasteiger charge is 2.22. The van der Waals surface area contributed by atoms with E-state index in [1.165, 1.54) is 0 Å². The fourth-order valence-electron chi connectivity index (χ4n) is 3.78. The Morgan fingerprint density at radius 1 is 1.25 bits per heavy atom. The topological polar surface area (TPSA) is 86.2 Å². The standard InChI is InChI=1S/C23H34F2N6O/c1-3-17(25)13-27-23-28-14-20(22(30-23)29-18-4-6-19(32)7-5-18)21-12-16(8-10-26-21)15-31(2)11-9-24/h8,10,12,14,17-19,32H,3-7,9,11,13,15H2,1-2H3,(H2,27,28,29,30)/t17-,18-,19-/m0/s1. The molecule has 2 heterocycles. The Morgan fingerprint density at radius 2 is 2.03 bits per heavy atom. The molecule has 0 amide bonds. The maximum absolute atomic E-state index is 13.7. The zero-order valence-electron chi connectivity index (χ0n) is 18.9. The smallest absolute Gasteiger partial charge is 0.224 e. The number of nitrogens with zero attached hydrogens (tertiary/aromatic N) is 4. The molecule has 0 aromatic carbocycles. The van der Waals surface area contributed by atoms with Crippen molar-refractivity contribution in [3.05, 3.63) is 30.1 Å². The van der Waals surface area contributed by atoms with Crippen molar-refractivity contribution in [1.29, 1.82) is 0 Å². The van der Waals surface area contributed by atoms with Crippen LogP contribution in [0.4, 0.5) is 20.5 Å². The number of halogens is 2. The van der Waals surface area contributed by atoms with Crippen LogP contribution in [0, 0.1) is 0 Å². The number of rotatable bonds is 11. The Labute approximate surface area is 188 Å². The first-order chi connectivity index (χ1) is 15.5. The molecule has 3 N–H and O–H groups in total. The van der Waals surface area contributed by atoms with Crippen molar-refractivity contribution in [2.45, 2.75) is 63.9 Å². The van der Waals surface area contributed by atoms with Crippen LogP contribution in [-0.2, 0) is 6.54 Å². The third-order valence-electron chi connectivity index (χ3n) is 5.77. The summed E-state index contributed by atoms with van der Waals surface area (Å²) in [7, 11) is 1.88. The molecular weight excluding hydrogens is 414 g/mol. The molecule has 1 aliphatic carbocycles. The van der Waals surface area contributed by atoms with Crippen LogP contribution in [0.3, 0.4) is 0 Å². The first-order valence-electron chi connectivity index (χ1n) is 11.4. The van der Waals surface area contributed by atoms with Crippen LogP contribution in [-0.4, -0.2) is 70.1 Å². The second-order valence-electron chi connectivity index (χ2n) is 8.47. The van der Waals surface area contributed by atoms with Gasteiger partial charge >= 0.3 is 0 Å². The van der Waals surface area contributed by atoms with E-state index in [1.807, 2.05) is 24.1 Å². The molecule has 176 valence electrons. The molecule has 9 heteroatoms. The van der Waals surface area contributed by atoms with Crippen LogP contribution in [0.25, 0.3) is 11.3 Å². The Bertz CT molecular complexity index is 847. The quantitative estimate of drug-likeness (QED) is 0.482. The van der Waals surface area contributed by atoms with Crippen LogP contribution in [0.15, 0.2) is 24.5 Å². The van der Waals surface area contributed by atoms with Gasteiger partial charge in [0, 0.05) is 38.1 Å². The molecular formula is C23H34F2N6O. The van der Waals surface area contributed by atoms with Gasteiger partial charge in [-0.1, -0.05) is 6.92 Å². The van der Waals surface area contributed by atoms with E-state index in [4.69, 9.17) is 0 Å². The van der Waals surface area contributed by atoms with Crippen molar-refractivity contribution < 1.29 is 13.9 Å². The molecule has 1 atom stereocenters. The summed E-state index contributed by atoms with van der Waals surface area (Å²) in [4.78, 5) is 15.4. The third kappa shape index (κ3) is 7.06. The molecule has 0 spiro atoms. The van der Waals surface area contributed by atoms with Gasteiger partial charge in [0.1, 0.15) is 18.7 Å². The summed E-state index contributed by atoms with van der Waals surface area (Å²) in [5.41, 5.74) is 2.49. The number of aliphatic hydroxyl groups is 1. The summed E-state index contributed by atoms with van der Waals surface area (Å²) < 4.78 is 26.3. The predicted molar refractivity (Wildman–Crippen MR) is 123 cm³/mol. The largest absolute Gasteiger partial charge is 0.393 e. The Balaban J connectivity index is 1.84. The SMILES string of the molecule is CC[C@H](F)CNc1ncc(-c2cc(CN(C)CCF)ccn2)c(N[C@H]2CC[C@H](O)CC2)n1.